The number of hydrogen-bond donors (Lipinski definition) is 4. The first-order chi connectivity index (χ1) is 13.0. The number of carbonyl (C=O) groups excluding carboxylic acids is 1. The number of aliphatic hydroxyl groups excluding tert-OH is 2. The number of rotatable bonds is 4. The Kier molecular flexibility index (Phi) is 4.56. The third-order valence-electron chi connectivity index (χ3n) is 5.62. The number of aromatic nitrogens is 2. The molecule has 0 spiro atoms. The Morgan fingerprint density at radius 2 is 1.89 bits per heavy atom. The van der Waals surface area contributed by atoms with E-state index in [1.807, 2.05) is 30.3 Å². The highest BCUT2D eigenvalue weighted by atomic mass is 19.3. The number of alkyl halides is 2. The Balaban J connectivity index is 1.51. The van der Waals surface area contributed by atoms with Gasteiger partial charge < -0.3 is 20.8 Å². The van der Waals surface area contributed by atoms with Crippen molar-refractivity contribution in [2.45, 2.75) is 37.1 Å². The van der Waals surface area contributed by atoms with Gasteiger partial charge in [-0.3, -0.25) is 0 Å². The van der Waals surface area contributed by atoms with Crippen LogP contribution in [0.3, 0.4) is 0 Å². The lowest BCUT2D eigenvalue weighted by Gasteiger charge is -2.37. The van der Waals surface area contributed by atoms with Gasteiger partial charge in [0.25, 0.3) is 0 Å². The fourth-order valence-corrected chi connectivity index (χ4v) is 4.50. The highest BCUT2D eigenvalue weighted by Crippen LogP contribution is 2.53. The lowest BCUT2D eigenvalue weighted by atomic mass is 9.77. The summed E-state index contributed by atoms with van der Waals surface area (Å²) in [6.07, 6.45) is 1.06. The Hall–Kier alpha value is -2.52. The number of hydrogen-bond acceptors (Lipinski definition) is 4. The van der Waals surface area contributed by atoms with Crippen molar-refractivity contribution >= 4 is 11.7 Å². The molecule has 0 radical (unpaired) electrons. The maximum absolute atomic E-state index is 12.6. The summed E-state index contributed by atoms with van der Waals surface area (Å²) in [6, 6.07) is 8.59. The molecule has 2 fully saturated rings. The molecule has 1 heterocycles. The molecule has 144 valence electrons. The SMILES string of the molecule is O=C(Nc1cnn(C(F)F)c1)N[C@H]1[C@@H]2C[C@@H]([C@@H](O)[C@H]2O)[C@@H]1c1ccccc1. The molecule has 0 unspecified atom stereocenters. The summed E-state index contributed by atoms with van der Waals surface area (Å²) in [6.45, 7) is -2.78. The van der Waals surface area contributed by atoms with Crippen molar-refractivity contribution in [2.24, 2.45) is 11.8 Å². The fourth-order valence-electron chi connectivity index (χ4n) is 4.50. The molecule has 1 aromatic heterocycles. The van der Waals surface area contributed by atoms with Crippen LogP contribution in [0.15, 0.2) is 42.7 Å². The third-order valence-corrected chi connectivity index (χ3v) is 5.62. The van der Waals surface area contributed by atoms with E-state index in [4.69, 9.17) is 0 Å². The van der Waals surface area contributed by atoms with Crippen molar-refractivity contribution in [1.82, 2.24) is 15.1 Å². The van der Waals surface area contributed by atoms with Crippen LogP contribution in [0.25, 0.3) is 0 Å². The van der Waals surface area contributed by atoms with Crippen molar-refractivity contribution in [1.29, 1.82) is 0 Å². The second kappa shape index (κ2) is 6.90. The van der Waals surface area contributed by atoms with E-state index in [1.165, 1.54) is 0 Å². The zero-order valence-corrected chi connectivity index (χ0v) is 14.2. The highest BCUT2D eigenvalue weighted by Gasteiger charge is 2.58. The molecule has 7 nitrogen and oxygen atoms in total. The average molecular weight is 378 g/mol. The smallest absolute Gasteiger partial charge is 0.333 e. The maximum atomic E-state index is 12.6. The second-order valence-electron chi connectivity index (χ2n) is 7.09. The van der Waals surface area contributed by atoms with Gasteiger partial charge in [0.05, 0.1) is 30.3 Å². The summed E-state index contributed by atoms with van der Waals surface area (Å²) in [4.78, 5) is 12.4. The molecular formula is C18H20F2N4O3. The van der Waals surface area contributed by atoms with Crippen LogP contribution in [0, 0.1) is 11.8 Å². The van der Waals surface area contributed by atoms with E-state index in [2.05, 4.69) is 15.7 Å². The Bertz CT molecular complexity index is 816. The highest BCUT2D eigenvalue weighted by molar-refractivity contribution is 5.89. The monoisotopic (exact) mass is 378 g/mol. The first-order valence-electron chi connectivity index (χ1n) is 8.76. The minimum atomic E-state index is -2.78. The average Bonchev–Trinajstić information content (AvgIpc) is 3.32. The maximum Gasteiger partial charge on any atom is 0.333 e. The third kappa shape index (κ3) is 3.17. The first-order valence-corrected chi connectivity index (χ1v) is 8.76. The molecule has 2 bridgehead atoms. The number of nitrogens with one attached hydrogen (secondary N) is 2. The molecule has 0 aliphatic heterocycles. The van der Waals surface area contributed by atoms with E-state index in [0.29, 0.717) is 11.1 Å². The number of amides is 2. The number of halogens is 2. The van der Waals surface area contributed by atoms with Crippen molar-refractivity contribution in [2.75, 3.05) is 5.32 Å². The zero-order valence-electron chi connectivity index (χ0n) is 14.2. The van der Waals surface area contributed by atoms with Crippen LogP contribution in [0.5, 0.6) is 0 Å². The number of aliphatic hydroxyl groups is 2. The Morgan fingerprint density at radius 1 is 1.19 bits per heavy atom. The predicted molar refractivity (Wildman–Crippen MR) is 92.2 cm³/mol. The largest absolute Gasteiger partial charge is 0.390 e. The Morgan fingerprint density at radius 3 is 2.56 bits per heavy atom. The predicted octanol–water partition coefficient (Wildman–Crippen LogP) is 1.92. The van der Waals surface area contributed by atoms with E-state index in [0.717, 1.165) is 18.0 Å². The van der Waals surface area contributed by atoms with E-state index in [9.17, 15) is 23.8 Å². The molecule has 2 aliphatic carbocycles. The van der Waals surface area contributed by atoms with Crippen LogP contribution in [0.1, 0.15) is 24.5 Å². The van der Waals surface area contributed by atoms with Gasteiger partial charge in [-0.1, -0.05) is 30.3 Å². The molecular weight excluding hydrogens is 358 g/mol. The number of urea groups is 1. The summed E-state index contributed by atoms with van der Waals surface area (Å²) in [5, 5.41) is 29.4. The van der Waals surface area contributed by atoms with Gasteiger partial charge in [0, 0.05) is 17.9 Å². The van der Waals surface area contributed by atoms with Crippen LogP contribution in [0.4, 0.5) is 19.3 Å². The van der Waals surface area contributed by atoms with Gasteiger partial charge in [-0.25, -0.2) is 9.48 Å². The van der Waals surface area contributed by atoms with Crippen molar-refractivity contribution in [3.8, 4) is 0 Å². The molecule has 2 saturated carbocycles. The quantitative estimate of drug-likeness (QED) is 0.653. The molecule has 2 aliphatic rings. The molecule has 1 aromatic carbocycles. The van der Waals surface area contributed by atoms with Gasteiger partial charge >= 0.3 is 12.6 Å². The Labute approximate surface area is 154 Å². The molecule has 2 aromatic rings. The first kappa shape index (κ1) is 17.9. The lowest BCUT2D eigenvalue weighted by Crippen LogP contribution is -2.52. The van der Waals surface area contributed by atoms with Gasteiger partial charge in [0.1, 0.15) is 0 Å². The van der Waals surface area contributed by atoms with Crippen LogP contribution in [-0.4, -0.2) is 44.3 Å². The lowest BCUT2D eigenvalue weighted by molar-refractivity contribution is -0.0319. The van der Waals surface area contributed by atoms with Crippen LogP contribution in [-0.2, 0) is 0 Å². The summed E-state index contributed by atoms with van der Waals surface area (Å²) in [5.74, 6) is -0.562. The standard InChI is InChI=1S/C18H20F2N4O3/c19-17(20)24-8-10(7-21-24)22-18(27)23-14-12-6-11(15(25)16(12)26)13(14)9-4-2-1-3-5-9/h1-5,7-8,11-17,25-26H,6H2,(H2,22,23,27)/t11-,12+,13+,14+,15-,16+/m1/s1. The van der Waals surface area contributed by atoms with Gasteiger partial charge in [-0.05, 0) is 17.9 Å². The summed E-state index contributed by atoms with van der Waals surface area (Å²) >= 11 is 0. The minimum Gasteiger partial charge on any atom is -0.390 e. The number of benzene rings is 1. The van der Waals surface area contributed by atoms with Gasteiger partial charge in [0.15, 0.2) is 0 Å². The van der Waals surface area contributed by atoms with Crippen molar-refractivity contribution in [3.05, 3.63) is 48.3 Å². The summed E-state index contributed by atoms with van der Waals surface area (Å²) < 4.78 is 25.6. The second-order valence-corrected chi connectivity index (χ2v) is 7.09. The molecule has 27 heavy (non-hydrogen) atoms. The summed E-state index contributed by atoms with van der Waals surface area (Å²) in [5.41, 5.74) is 1.12. The van der Waals surface area contributed by atoms with E-state index in [-0.39, 0.29) is 29.5 Å². The van der Waals surface area contributed by atoms with Crippen LogP contribution >= 0.6 is 0 Å². The molecule has 2 amide bonds. The molecule has 0 saturated heterocycles. The molecule has 4 rings (SSSR count). The fraction of sp³-hybridized carbons (Fsp3) is 0.444. The van der Waals surface area contributed by atoms with E-state index in [1.54, 1.807) is 0 Å². The summed E-state index contributed by atoms with van der Waals surface area (Å²) in [7, 11) is 0. The number of carbonyl (C=O) groups is 1. The number of anilines is 1. The topological polar surface area (TPSA) is 99.4 Å². The minimum absolute atomic E-state index is 0.135. The number of fused-ring (bicyclic) bond motifs is 2. The van der Waals surface area contributed by atoms with Gasteiger partial charge in [-0.15, -0.1) is 0 Å². The molecule has 4 N–H and O–H groups in total. The van der Waals surface area contributed by atoms with Crippen molar-refractivity contribution < 1.29 is 23.8 Å². The van der Waals surface area contributed by atoms with Crippen LogP contribution < -0.4 is 10.6 Å². The van der Waals surface area contributed by atoms with Crippen LogP contribution in [0.2, 0.25) is 0 Å². The normalized spacial score (nSPS) is 32.0. The van der Waals surface area contributed by atoms with E-state index < -0.39 is 24.8 Å². The number of nitrogens with zero attached hydrogens (tertiary/aromatic N) is 2. The zero-order chi connectivity index (χ0) is 19.1. The van der Waals surface area contributed by atoms with Gasteiger partial charge in [-0.2, -0.15) is 13.9 Å². The molecule has 6 atom stereocenters. The van der Waals surface area contributed by atoms with Gasteiger partial charge in [0.2, 0.25) is 0 Å². The van der Waals surface area contributed by atoms with Crippen molar-refractivity contribution in [3.63, 3.8) is 0 Å². The molecule has 9 heteroatoms. The van der Waals surface area contributed by atoms with E-state index >= 15 is 0 Å².